The third-order valence-electron chi connectivity index (χ3n) is 4.65. The predicted molar refractivity (Wildman–Crippen MR) is 99.1 cm³/mol. The highest BCUT2D eigenvalue weighted by molar-refractivity contribution is 5.91. The molecule has 7 nitrogen and oxygen atoms in total. The molecule has 25 heavy (non-hydrogen) atoms. The molecule has 0 saturated carbocycles. The van der Waals surface area contributed by atoms with E-state index < -0.39 is 0 Å². The monoisotopic (exact) mass is 364 g/mol. The van der Waals surface area contributed by atoms with Crippen molar-refractivity contribution in [2.24, 2.45) is 11.8 Å². The molecule has 2 aromatic rings. The number of aromatic nitrogens is 4. The van der Waals surface area contributed by atoms with Crippen molar-refractivity contribution in [1.29, 1.82) is 0 Å². The van der Waals surface area contributed by atoms with Crippen LogP contribution in [0.2, 0.25) is 0 Å². The second-order valence-corrected chi connectivity index (χ2v) is 6.52. The van der Waals surface area contributed by atoms with E-state index in [1.54, 1.807) is 4.68 Å². The summed E-state index contributed by atoms with van der Waals surface area (Å²) >= 11 is 0. The molecule has 2 unspecified atom stereocenters. The Labute approximate surface area is 154 Å². The van der Waals surface area contributed by atoms with Crippen molar-refractivity contribution in [2.45, 2.75) is 33.1 Å². The summed E-state index contributed by atoms with van der Waals surface area (Å²) in [6.07, 6.45) is 2.94. The van der Waals surface area contributed by atoms with Gasteiger partial charge in [-0.15, -0.1) is 17.5 Å². The van der Waals surface area contributed by atoms with Gasteiger partial charge in [-0.25, -0.2) is 0 Å². The van der Waals surface area contributed by atoms with Crippen molar-refractivity contribution in [2.75, 3.05) is 18.4 Å². The molecule has 8 heteroatoms. The molecular weight excluding hydrogens is 340 g/mol. The summed E-state index contributed by atoms with van der Waals surface area (Å²) in [7, 11) is 0. The largest absolute Gasteiger partial charge is 0.326 e. The molecule has 1 aliphatic rings. The fourth-order valence-corrected chi connectivity index (χ4v) is 3.22. The molecule has 2 atom stereocenters. The van der Waals surface area contributed by atoms with Crippen molar-refractivity contribution < 1.29 is 4.79 Å². The van der Waals surface area contributed by atoms with Gasteiger partial charge in [0, 0.05) is 12.1 Å². The minimum atomic E-state index is 0. The van der Waals surface area contributed by atoms with Crippen LogP contribution in [0.5, 0.6) is 0 Å². The molecule has 2 heterocycles. The molecule has 0 spiro atoms. The Kier molecular flexibility index (Phi) is 6.90. The molecule has 1 saturated heterocycles. The maximum Gasteiger partial charge on any atom is 0.224 e. The van der Waals surface area contributed by atoms with Crippen LogP contribution in [0, 0.1) is 18.8 Å². The first kappa shape index (κ1) is 19.3. The van der Waals surface area contributed by atoms with Crippen molar-refractivity contribution in [1.82, 2.24) is 25.5 Å². The van der Waals surface area contributed by atoms with Gasteiger partial charge in [0.15, 0.2) is 5.82 Å². The predicted octanol–water partition coefficient (Wildman–Crippen LogP) is 2.36. The van der Waals surface area contributed by atoms with E-state index in [1.807, 2.05) is 31.2 Å². The third-order valence-corrected chi connectivity index (χ3v) is 4.65. The number of hydrogen-bond donors (Lipinski definition) is 2. The van der Waals surface area contributed by atoms with Gasteiger partial charge in [0.2, 0.25) is 5.91 Å². The van der Waals surface area contributed by atoms with E-state index in [0.29, 0.717) is 24.1 Å². The first-order chi connectivity index (χ1) is 11.6. The molecule has 0 aliphatic carbocycles. The number of carbonyl (C=O) groups is 1. The third kappa shape index (κ3) is 4.99. The molecule has 1 aromatic carbocycles. The summed E-state index contributed by atoms with van der Waals surface area (Å²) in [4.78, 5) is 12.4. The van der Waals surface area contributed by atoms with E-state index in [4.69, 9.17) is 0 Å². The first-order valence-electron chi connectivity index (χ1n) is 8.49. The lowest BCUT2D eigenvalue weighted by Gasteiger charge is -2.28. The molecule has 1 fully saturated rings. The maximum absolute atomic E-state index is 12.4. The van der Waals surface area contributed by atoms with E-state index in [9.17, 15) is 4.79 Å². The molecule has 0 bridgehead atoms. The number of aryl methyl sites for hydroxylation is 1. The van der Waals surface area contributed by atoms with Gasteiger partial charge in [-0.1, -0.05) is 13.0 Å². The zero-order valence-corrected chi connectivity index (χ0v) is 15.4. The lowest BCUT2D eigenvalue weighted by atomic mass is 9.85. The zero-order chi connectivity index (χ0) is 16.9. The van der Waals surface area contributed by atoms with Gasteiger partial charge in [0.25, 0.3) is 0 Å². The molecule has 2 N–H and O–H groups in total. The average molecular weight is 365 g/mol. The van der Waals surface area contributed by atoms with E-state index in [1.165, 1.54) is 12.8 Å². The van der Waals surface area contributed by atoms with Crippen LogP contribution in [-0.4, -0.2) is 39.2 Å². The van der Waals surface area contributed by atoms with Crippen LogP contribution in [0.3, 0.4) is 0 Å². The summed E-state index contributed by atoms with van der Waals surface area (Å²) in [6.45, 7) is 6.12. The van der Waals surface area contributed by atoms with Crippen molar-refractivity contribution in [3.63, 3.8) is 0 Å². The number of nitrogens with one attached hydrogen (secondary N) is 2. The molecular formula is C17H25ClN6O. The van der Waals surface area contributed by atoms with Crippen LogP contribution >= 0.6 is 12.4 Å². The quantitative estimate of drug-likeness (QED) is 0.850. The Balaban J connectivity index is 0.00000225. The van der Waals surface area contributed by atoms with Crippen LogP contribution in [0.1, 0.15) is 32.0 Å². The summed E-state index contributed by atoms with van der Waals surface area (Å²) in [5.41, 5.74) is 1.60. The van der Waals surface area contributed by atoms with Crippen LogP contribution in [0.4, 0.5) is 5.69 Å². The Bertz CT molecular complexity index is 698. The summed E-state index contributed by atoms with van der Waals surface area (Å²) < 4.78 is 1.64. The van der Waals surface area contributed by atoms with Gasteiger partial charge in [-0.2, -0.15) is 4.68 Å². The highest BCUT2D eigenvalue weighted by Crippen LogP contribution is 2.23. The number of hydrogen-bond acceptors (Lipinski definition) is 5. The summed E-state index contributed by atoms with van der Waals surface area (Å²) in [6, 6.07) is 7.57. The standard InChI is InChI=1S/C17H24N6O.ClH/c1-12(14-5-4-8-18-11-14)9-17(24)19-15-6-3-7-16(10-15)23-13(2)20-21-22-23;/h3,6-7,10,12,14,18H,4-5,8-9,11H2,1-2H3,(H,19,24);1H. The van der Waals surface area contributed by atoms with E-state index in [2.05, 4.69) is 33.1 Å². The topological polar surface area (TPSA) is 84.7 Å². The van der Waals surface area contributed by atoms with Crippen LogP contribution < -0.4 is 10.6 Å². The second kappa shape index (κ2) is 8.92. The number of amides is 1. The maximum atomic E-state index is 12.4. The van der Waals surface area contributed by atoms with Crippen molar-refractivity contribution >= 4 is 24.0 Å². The summed E-state index contributed by atoms with van der Waals surface area (Å²) in [5, 5.41) is 17.9. The number of rotatable bonds is 5. The molecule has 3 rings (SSSR count). The average Bonchev–Trinajstić information content (AvgIpc) is 3.02. The first-order valence-corrected chi connectivity index (χ1v) is 8.49. The smallest absolute Gasteiger partial charge is 0.224 e. The molecule has 1 amide bonds. The van der Waals surface area contributed by atoms with Gasteiger partial charge in [-0.05, 0) is 73.3 Å². The Hall–Kier alpha value is -1.99. The number of anilines is 1. The van der Waals surface area contributed by atoms with E-state index in [0.717, 1.165) is 24.5 Å². The van der Waals surface area contributed by atoms with Crippen LogP contribution in [0.15, 0.2) is 24.3 Å². The molecule has 136 valence electrons. The fraction of sp³-hybridized carbons (Fsp3) is 0.529. The Morgan fingerprint density at radius 3 is 3.00 bits per heavy atom. The van der Waals surface area contributed by atoms with Gasteiger partial charge in [-0.3, -0.25) is 4.79 Å². The second-order valence-electron chi connectivity index (χ2n) is 6.52. The van der Waals surface area contributed by atoms with Crippen LogP contribution in [-0.2, 0) is 4.79 Å². The number of benzene rings is 1. The zero-order valence-electron chi connectivity index (χ0n) is 14.6. The minimum absolute atomic E-state index is 0. The van der Waals surface area contributed by atoms with Crippen LogP contribution in [0.25, 0.3) is 5.69 Å². The fourth-order valence-electron chi connectivity index (χ4n) is 3.22. The number of halogens is 1. The van der Waals surface area contributed by atoms with E-state index >= 15 is 0 Å². The van der Waals surface area contributed by atoms with Gasteiger partial charge >= 0.3 is 0 Å². The Morgan fingerprint density at radius 1 is 1.48 bits per heavy atom. The lowest BCUT2D eigenvalue weighted by Crippen LogP contribution is -2.34. The lowest BCUT2D eigenvalue weighted by molar-refractivity contribution is -0.117. The molecule has 0 radical (unpaired) electrons. The minimum Gasteiger partial charge on any atom is -0.326 e. The number of carbonyl (C=O) groups excluding carboxylic acids is 1. The highest BCUT2D eigenvalue weighted by atomic mass is 35.5. The number of piperidine rings is 1. The highest BCUT2D eigenvalue weighted by Gasteiger charge is 2.22. The summed E-state index contributed by atoms with van der Waals surface area (Å²) in [5.74, 6) is 1.72. The van der Waals surface area contributed by atoms with Gasteiger partial charge in [0.1, 0.15) is 0 Å². The molecule has 1 aromatic heterocycles. The SMILES string of the molecule is Cc1nnnn1-c1cccc(NC(=O)CC(C)C2CCCNC2)c1.Cl. The number of tetrazole rings is 1. The van der Waals surface area contributed by atoms with Crippen molar-refractivity contribution in [3.05, 3.63) is 30.1 Å². The molecule has 1 aliphatic heterocycles. The van der Waals surface area contributed by atoms with Gasteiger partial charge in [0.05, 0.1) is 5.69 Å². The van der Waals surface area contributed by atoms with Crippen molar-refractivity contribution in [3.8, 4) is 5.69 Å². The Morgan fingerprint density at radius 2 is 2.32 bits per heavy atom. The van der Waals surface area contributed by atoms with Gasteiger partial charge < -0.3 is 10.6 Å². The number of nitrogens with zero attached hydrogens (tertiary/aromatic N) is 4. The normalized spacial score (nSPS) is 18.2. The van der Waals surface area contributed by atoms with E-state index in [-0.39, 0.29) is 18.3 Å².